The molecule has 2 aliphatic rings. The normalized spacial score (nSPS) is 19.6. The summed E-state index contributed by atoms with van der Waals surface area (Å²) in [6, 6.07) is 10.2. The van der Waals surface area contributed by atoms with Crippen molar-refractivity contribution in [3.63, 3.8) is 0 Å². The van der Waals surface area contributed by atoms with Crippen molar-refractivity contribution in [2.45, 2.75) is 31.2 Å². The van der Waals surface area contributed by atoms with Crippen LogP contribution in [-0.2, 0) is 10.3 Å². The lowest BCUT2D eigenvalue weighted by Crippen LogP contribution is -2.49. The topological polar surface area (TPSA) is 73.5 Å². The minimum absolute atomic E-state index is 0.101. The first kappa shape index (κ1) is 16.7. The Morgan fingerprint density at radius 3 is 2.67 bits per heavy atom. The summed E-state index contributed by atoms with van der Waals surface area (Å²) in [6.45, 7) is 1.87. The van der Waals surface area contributed by atoms with Gasteiger partial charge in [-0.15, -0.1) is 0 Å². The number of imide groups is 1. The lowest BCUT2D eigenvalue weighted by molar-refractivity contribution is -0.121. The Bertz CT molecular complexity index is 611. The molecule has 0 spiro atoms. The summed E-state index contributed by atoms with van der Waals surface area (Å²) in [5.41, 5.74) is 8.18. The van der Waals surface area contributed by atoms with Gasteiger partial charge in [-0.1, -0.05) is 42.5 Å². The molecule has 3 amide bonds. The molecule has 1 aliphatic heterocycles. The number of carbonyl (C=O) groups excluding carboxylic acids is 2. The van der Waals surface area contributed by atoms with Crippen LogP contribution in [0.4, 0.5) is 4.79 Å². The van der Waals surface area contributed by atoms with Crippen molar-refractivity contribution in [2.24, 2.45) is 0 Å². The molecule has 0 aromatic heterocycles. The van der Waals surface area contributed by atoms with Gasteiger partial charge in [0.1, 0.15) is 0 Å². The van der Waals surface area contributed by atoms with Crippen LogP contribution in [-0.4, -0.2) is 36.5 Å². The second kappa shape index (κ2) is 7.59. The maximum Gasteiger partial charge on any atom is 0.324 e. The third kappa shape index (κ3) is 4.21. The van der Waals surface area contributed by atoms with Gasteiger partial charge in [0.05, 0.1) is 5.54 Å². The van der Waals surface area contributed by atoms with E-state index in [0.717, 1.165) is 25.8 Å². The Labute approximate surface area is 142 Å². The zero-order chi connectivity index (χ0) is 16.8. The maximum absolute atomic E-state index is 11.6. The molecule has 1 aromatic rings. The summed E-state index contributed by atoms with van der Waals surface area (Å²) < 4.78 is 0. The van der Waals surface area contributed by atoms with Gasteiger partial charge in [0.25, 0.3) is 0 Å². The number of hydrazine groups is 1. The second-order valence-corrected chi connectivity index (χ2v) is 6.31. The summed E-state index contributed by atoms with van der Waals surface area (Å²) in [5.74, 6) is -0.192. The second-order valence-electron chi connectivity index (χ2n) is 6.31. The number of benzene rings is 1. The molecule has 2 fully saturated rings. The van der Waals surface area contributed by atoms with E-state index in [1.807, 2.05) is 12.1 Å². The van der Waals surface area contributed by atoms with Crippen LogP contribution in [0.3, 0.4) is 0 Å². The number of hydrogen-bond donors (Lipinski definition) is 3. The molecule has 6 heteroatoms. The Kier molecular flexibility index (Phi) is 5.27. The molecule has 3 rings (SSSR count). The molecule has 1 heterocycles. The van der Waals surface area contributed by atoms with E-state index in [4.69, 9.17) is 0 Å². The quantitative estimate of drug-likeness (QED) is 0.385. The predicted molar refractivity (Wildman–Crippen MR) is 92.0 cm³/mol. The molecular formula is C18H24N4O2. The van der Waals surface area contributed by atoms with Gasteiger partial charge < -0.3 is 4.90 Å². The molecule has 0 radical (unpaired) electrons. The molecule has 1 aliphatic carbocycles. The van der Waals surface area contributed by atoms with E-state index >= 15 is 0 Å². The monoisotopic (exact) mass is 328 g/mol. The lowest BCUT2D eigenvalue weighted by Gasteiger charge is -2.25. The molecule has 1 saturated carbocycles. The fourth-order valence-corrected chi connectivity index (χ4v) is 2.85. The average molecular weight is 328 g/mol. The van der Waals surface area contributed by atoms with Crippen molar-refractivity contribution in [2.75, 3.05) is 19.6 Å². The number of nitrogens with zero attached hydrogens (tertiary/aromatic N) is 1. The highest BCUT2D eigenvalue weighted by Gasteiger charge is 2.43. The first-order valence-electron chi connectivity index (χ1n) is 8.49. The van der Waals surface area contributed by atoms with Crippen molar-refractivity contribution in [1.82, 2.24) is 21.1 Å². The molecule has 6 nitrogen and oxygen atoms in total. The van der Waals surface area contributed by atoms with E-state index in [1.54, 1.807) is 4.90 Å². The van der Waals surface area contributed by atoms with Gasteiger partial charge >= 0.3 is 6.03 Å². The summed E-state index contributed by atoms with van der Waals surface area (Å²) in [4.78, 5) is 24.3. The standard InChI is InChI=1S/C18H24N4O2/c23-16-9-14-22(17(24)20-16)13-6-2-5-12-19-21-18(10-11-18)15-7-3-1-4-8-15/h1-4,6-8,19,21H,5,9-14H2,(H,20,23,24)/b6-2+. The van der Waals surface area contributed by atoms with Gasteiger partial charge in [-0.05, 0) is 24.8 Å². The number of urea groups is 1. The Morgan fingerprint density at radius 1 is 1.17 bits per heavy atom. The summed E-state index contributed by atoms with van der Waals surface area (Å²) in [7, 11) is 0. The lowest BCUT2D eigenvalue weighted by atomic mass is 10.1. The smallest absolute Gasteiger partial charge is 0.320 e. The van der Waals surface area contributed by atoms with E-state index in [9.17, 15) is 9.59 Å². The van der Waals surface area contributed by atoms with Gasteiger partial charge in [0.15, 0.2) is 0 Å². The first-order valence-corrected chi connectivity index (χ1v) is 8.49. The molecule has 0 unspecified atom stereocenters. The average Bonchev–Trinajstić information content (AvgIpc) is 3.38. The minimum Gasteiger partial charge on any atom is -0.320 e. The van der Waals surface area contributed by atoms with Gasteiger partial charge in [-0.25, -0.2) is 10.2 Å². The fraction of sp³-hybridized carbons (Fsp3) is 0.444. The van der Waals surface area contributed by atoms with E-state index < -0.39 is 0 Å². The maximum atomic E-state index is 11.6. The highest BCUT2D eigenvalue weighted by molar-refractivity contribution is 5.96. The number of amides is 3. The Balaban J connectivity index is 1.32. The molecule has 1 saturated heterocycles. The molecule has 0 atom stereocenters. The van der Waals surface area contributed by atoms with Crippen LogP contribution in [0.2, 0.25) is 0 Å². The van der Waals surface area contributed by atoms with E-state index in [2.05, 4.69) is 46.5 Å². The molecule has 128 valence electrons. The van der Waals surface area contributed by atoms with Crippen LogP contribution in [0.5, 0.6) is 0 Å². The molecule has 24 heavy (non-hydrogen) atoms. The van der Waals surface area contributed by atoms with Gasteiger partial charge in [-0.2, -0.15) is 0 Å². The molecule has 1 aromatic carbocycles. The summed E-state index contributed by atoms with van der Waals surface area (Å²) in [5, 5.41) is 2.32. The van der Waals surface area contributed by atoms with Crippen molar-refractivity contribution < 1.29 is 9.59 Å². The third-order valence-corrected chi connectivity index (χ3v) is 4.47. The highest BCUT2D eigenvalue weighted by Crippen LogP contribution is 2.44. The van der Waals surface area contributed by atoms with E-state index in [1.165, 1.54) is 5.56 Å². The zero-order valence-electron chi connectivity index (χ0n) is 13.8. The van der Waals surface area contributed by atoms with E-state index in [0.29, 0.717) is 19.5 Å². The molecule has 0 bridgehead atoms. The van der Waals surface area contributed by atoms with Crippen molar-refractivity contribution in [1.29, 1.82) is 0 Å². The van der Waals surface area contributed by atoms with Crippen molar-refractivity contribution in [3.05, 3.63) is 48.0 Å². The van der Waals surface area contributed by atoms with Crippen molar-refractivity contribution >= 4 is 11.9 Å². The molecular weight excluding hydrogens is 304 g/mol. The fourth-order valence-electron chi connectivity index (χ4n) is 2.85. The van der Waals surface area contributed by atoms with Crippen LogP contribution < -0.4 is 16.2 Å². The zero-order valence-corrected chi connectivity index (χ0v) is 13.8. The van der Waals surface area contributed by atoms with Crippen molar-refractivity contribution in [3.8, 4) is 0 Å². The largest absolute Gasteiger partial charge is 0.324 e. The van der Waals surface area contributed by atoms with Crippen LogP contribution in [0.15, 0.2) is 42.5 Å². The number of nitrogens with one attached hydrogen (secondary N) is 3. The van der Waals surface area contributed by atoms with Crippen LogP contribution in [0.25, 0.3) is 0 Å². The van der Waals surface area contributed by atoms with Gasteiger partial charge in [0.2, 0.25) is 5.91 Å². The van der Waals surface area contributed by atoms with E-state index in [-0.39, 0.29) is 17.5 Å². The number of carbonyl (C=O) groups is 2. The summed E-state index contributed by atoms with van der Waals surface area (Å²) in [6.07, 6.45) is 7.60. The SMILES string of the molecule is O=C1CCN(C/C=C/CCNNC2(c3ccccc3)CC2)C(=O)N1. The Morgan fingerprint density at radius 2 is 1.96 bits per heavy atom. The Hall–Kier alpha value is -2.18. The number of hydrogen-bond acceptors (Lipinski definition) is 4. The van der Waals surface area contributed by atoms with Crippen LogP contribution in [0, 0.1) is 0 Å². The number of rotatable bonds is 8. The third-order valence-electron chi connectivity index (χ3n) is 4.47. The van der Waals surface area contributed by atoms with Gasteiger partial charge in [-0.3, -0.25) is 15.5 Å². The predicted octanol–water partition coefficient (Wildman–Crippen LogP) is 1.66. The van der Waals surface area contributed by atoms with Gasteiger partial charge in [0, 0.05) is 26.1 Å². The highest BCUT2D eigenvalue weighted by atomic mass is 16.2. The van der Waals surface area contributed by atoms with Crippen LogP contribution in [0.1, 0.15) is 31.2 Å². The van der Waals surface area contributed by atoms with Crippen LogP contribution >= 0.6 is 0 Å². The minimum atomic E-state index is -0.297. The molecule has 3 N–H and O–H groups in total. The first-order chi connectivity index (χ1) is 11.7. The summed E-state index contributed by atoms with van der Waals surface area (Å²) >= 11 is 0.